The fraction of sp³-hybridized carbons (Fsp3) is 0.500. The molecule has 2 N–H and O–H groups in total. The average molecular weight is 306 g/mol. The van der Waals surface area contributed by atoms with E-state index in [0.717, 1.165) is 18.5 Å². The molecule has 0 radical (unpaired) electrons. The van der Waals surface area contributed by atoms with Gasteiger partial charge in [-0.25, -0.2) is 0 Å². The minimum atomic E-state index is -0.0725. The van der Waals surface area contributed by atoms with Gasteiger partial charge in [-0.2, -0.15) is 0 Å². The molecule has 0 atom stereocenters. The van der Waals surface area contributed by atoms with E-state index in [4.69, 9.17) is 0 Å². The third-order valence-electron chi connectivity index (χ3n) is 3.49. The fourth-order valence-electron chi connectivity index (χ4n) is 2.47. The van der Waals surface area contributed by atoms with Crippen molar-refractivity contribution in [1.82, 2.24) is 5.32 Å². The maximum absolute atomic E-state index is 11.8. The largest absolute Gasteiger partial charge is 0.353 e. The molecular weight excluding hydrogens is 284 g/mol. The summed E-state index contributed by atoms with van der Waals surface area (Å²) < 4.78 is 0. The van der Waals surface area contributed by atoms with Crippen LogP contribution in [0.5, 0.6) is 0 Å². The summed E-state index contributed by atoms with van der Waals surface area (Å²) in [6.45, 7) is 0. The number of carbonyl (C=O) groups excluding carboxylic acids is 2. The zero-order valence-electron chi connectivity index (χ0n) is 12.1. The molecule has 1 fully saturated rings. The lowest BCUT2D eigenvalue weighted by Gasteiger charge is -2.22. The van der Waals surface area contributed by atoms with Crippen LogP contribution < -0.4 is 10.6 Å². The number of para-hydroxylation sites is 1. The summed E-state index contributed by atoms with van der Waals surface area (Å²) in [5.41, 5.74) is 0.787. The zero-order valence-corrected chi connectivity index (χ0v) is 13.0. The van der Waals surface area contributed by atoms with E-state index >= 15 is 0 Å². The Bertz CT molecular complexity index is 459. The van der Waals surface area contributed by atoms with Crippen LogP contribution in [0.4, 0.5) is 5.69 Å². The second-order valence-corrected chi connectivity index (χ2v) is 6.30. The van der Waals surface area contributed by atoms with E-state index in [-0.39, 0.29) is 11.8 Å². The number of rotatable bonds is 6. The van der Waals surface area contributed by atoms with Crippen molar-refractivity contribution in [2.45, 2.75) is 38.1 Å². The highest BCUT2D eigenvalue weighted by Crippen LogP contribution is 2.17. The van der Waals surface area contributed by atoms with Crippen molar-refractivity contribution >= 4 is 29.3 Å². The summed E-state index contributed by atoms with van der Waals surface area (Å²) in [5.74, 6) is 0.613. The van der Waals surface area contributed by atoms with Gasteiger partial charge in [-0.1, -0.05) is 37.5 Å². The highest BCUT2D eigenvalue weighted by atomic mass is 32.2. The number of carbonyl (C=O) groups is 2. The van der Waals surface area contributed by atoms with E-state index in [1.54, 1.807) is 0 Å². The second-order valence-electron chi connectivity index (χ2n) is 5.31. The molecule has 0 spiro atoms. The third kappa shape index (κ3) is 6.21. The first-order chi connectivity index (χ1) is 10.2. The molecule has 1 aromatic carbocycles. The summed E-state index contributed by atoms with van der Waals surface area (Å²) in [6, 6.07) is 9.68. The highest BCUT2D eigenvalue weighted by molar-refractivity contribution is 8.00. The van der Waals surface area contributed by atoms with E-state index in [0.29, 0.717) is 17.5 Å². The van der Waals surface area contributed by atoms with Crippen LogP contribution in [0, 0.1) is 0 Å². The number of hydrogen-bond donors (Lipinski definition) is 2. The molecule has 114 valence electrons. The molecule has 0 heterocycles. The van der Waals surface area contributed by atoms with Gasteiger partial charge in [-0.15, -0.1) is 11.8 Å². The van der Waals surface area contributed by atoms with Crippen LogP contribution in [-0.4, -0.2) is 29.4 Å². The lowest BCUT2D eigenvalue weighted by atomic mass is 9.95. The molecule has 0 bridgehead atoms. The van der Waals surface area contributed by atoms with Crippen LogP contribution in [0.15, 0.2) is 30.3 Å². The Hall–Kier alpha value is -1.49. The summed E-state index contributed by atoms with van der Waals surface area (Å²) in [5, 5.41) is 5.86. The van der Waals surface area contributed by atoms with Crippen molar-refractivity contribution in [3.63, 3.8) is 0 Å². The predicted octanol–water partition coefficient (Wildman–Crippen LogP) is 2.81. The van der Waals surface area contributed by atoms with Crippen molar-refractivity contribution in [3.05, 3.63) is 30.3 Å². The molecule has 2 amide bonds. The number of hydrogen-bond acceptors (Lipinski definition) is 3. The van der Waals surface area contributed by atoms with Gasteiger partial charge >= 0.3 is 0 Å². The SMILES string of the molecule is O=C(CSCC(=O)NC1CCCCC1)Nc1ccccc1. The van der Waals surface area contributed by atoms with Crippen LogP contribution in [-0.2, 0) is 9.59 Å². The molecule has 2 rings (SSSR count). The normalized spacial score (nSPS) is 15.4. The Kier molecular flexibility index (Phi) is 6.60. The van der Waals surface area contributed by atoms with Gasteiger partial charge in [0.05, 0.1) is 11.5 Å². The quantitative estimate of drug-likeness (QED) is 0.849. The molecule has 1 aliphatic carbocycles. The van der Waals surface area contributed by atoms with Crippen LogP contribution in [0.1, 0.15) is 32.1 Å². The maximum atomic E-state index is 11.8. The molecule has 5 heteroatoms. The van der Waals surface area contributed by atoms with Crippen LogP contribution in [0.25, 0.3) is 0 Å². The van der Waals surface area contributed by atoms with E-state index in [1.807, 2.05) is 30.3 Å². The number of anilines is 1. The van der Waals surface area contributed by atoms with Crippen molar-refractivity contribution in [1.29, 1.82) is 0 Å². The summed E-state index contributed by atoms with van der Waals surface area (Å²) >= 11 is 1.35. The Labute approximate surface area is 130 Å². The topological polar surface area (TPSA) is 58.2 Å². The summed E-state index contributed by atoms with van der Waals surface area (Å²) in [7, 11) is 0. The lowest BCUT2D eigenvalue weighted by molar-refractivity contribution is -0.119. The Morgan fingerprint density at radius 3 is 2.38 bits per heavy atom. The zero-order chi connectivity index (χ0) is 14.9. The molecule has 1 aromatic rings. The van der Waals surface area contributed by atoms with Gasteiger partial charge in [0, 0.05) is 11.7 Å². The Balaban J connectivity index is 1.60. The molecule has 0 aromatic heterocycles. The first-order valence-electron chi connectivity index (χ1n) is 7.46. The van der Waals surface area contributed by atoms with Gasteiger partial charge in [-0.3, -0.25) is 9.59 Å². The molecule has 0 unspecified atom stereocenters. The Morgan fingerprint density at radius 1 is 1.00 bits per heavy atom. The average Bonchev–Trinajstić information content (AvgIpc) is 2.49. The smallest absolute Gasteiger partial charge is 0.234 e. The summed E-state index contributed by atoms with van der Waals surface area (Å²) in [6.07, 6.45) is 5.87. The van der Waals surface area contributed by atoms with Crippen molar-refractivity contribution in [3.8, 4) is 0 Å². The molecular formula is C16H22N2O2S. The van der Waals surface area contributed by atoms with E-state index in [2.05, 4.69) is 10.6 Å². The van der Waals surface area contributed by atoms with Gasteiger partial charge in [0.1, 0.15) is 0 Å². The van der Waals surface area contributed by atoms with Gasteiger partial charge in [0.15, 0.2) is 0 Å². The predicted molar refractivity (Wildman–Crippen MR) is 87.4 cm³/mol. The number of thioether (sulfide) groups is 1. The molecule has 21 heavy (non-hydrogen) atoms. The molecule has 0 aliphatic heterocycles. The van der Waals surface area contributed by atoms with Crippen molar-refractivity contribution < 1.29 is 9.59 Å². The lowest BCUT2D eigenvalue weighted by Crippen LogP contribution is -2.37. The minimum absolute atomic E-state index is 0.0411. The van der Waals surface area contributed by atoms with Crippen LogP contribution >= 0.6 is 11.8 Å². The number of amides is 2. The first kappa shape index (κ1) is 15.9. The van der Waals surface area contributed by atoms with E-state index in [9.17, 15) is 9.59 Å². The highest BCUT2D eigenvalue weighted by Gasteiger charge is 2.15. The summed E-state index contributed by atoms with van der Waals surface area (Å²) in [4.78, 5) is 23.5. The van der Waals surface area contributed by atoms with Crippen molar-refractivity contribution in [2.75, 3.05) is 16.8 Å². The van der Waals surface area contributed by atoms with Crippen LogP contribution in [0.2, 0.25) is 0 Å². The first-order valence-corrected chi connectivity index (χ1v) is 8.61. The monoisotopic (exact) mass is 306 g/mol. The minimum Gasteiger partial charge on any atom is -0.353 e. The Morgan fingerprint density at radius 2 is 1.67 bits per heavy atom. The fourth-order valence-corrected chi connectivity index (χ4v) is 3.10. The third-order valence-corrected chi connectivity index (χ3v) is 4.43. The van der Waals surface area contributed by atoms with Gasteiger partial charge in [-0.05, 0) is 25.0 Å². The van der Waals surface area contributed by atoms with E-state index in [1.165, 1.54) is 31.0 Å². The number of benzene rings is 1. The van der Waals surface area contributed by atoms with Crippen LogP contribution in [0.3, 0.4) is 0 Å². The standard InChI is InChI=1S/C16H22N2O2S/c19-15(17-13-7-3-1-4-8-13)11-21-12-16(20)18-14-9-5-2-6-10-14/h1,3-4,7-8,14H,2,5-6,9-12H2,(H,17,19)(H,18,20). The number of nitrogens with one attached hydrogen (secondary N) is 2. The van der Waals surface area contributed by atoms with Gasteiger partial charge in [0.2, 0.25) is 11.8 Å². The van der Waals surface area contributed by atoms with E-state index < -0.39 is 0 Å². The van der Waals surface area contributed by atoms with Crippen molar-refractivity contribution in [2.24, 2.45) is 0 Å². The molecule has 1 aliphatic rings. The van der Waals surface area contributed by atoms with Gasteiger partial charge in [0.25, 0.3) is 0 Å². The molecule has 4 nitrogen and oxygen atoms in total. The molecule has 1 saturated carbocycles. The van der Waals surface area contributed by atoms with Gasteiger partial charge < -0.3 is 10.6 Å². The second kappa shape index (κ2) is 8.72. The maximum Gasteiger partial charge on any atom is 0.234 e. The molecule has 0 saturated heterocycles.